The van der Waals surface area contributed by atoms with Crippen molar-refractivity contribution in [2.24, 2.45) is 0 Å². The third-order valence-electron chi connectivity index (χ3n) is 3.61. The molecule has 0 aliphatic carbocycles. The van der Waals surface area contributed by atoms with Gasteiger partial charge in [-0.2, -0.15) is 0 Å². The molecule has 118 valence electrons. The van der Waals surface area contributed by atoms with E-state index in [0.717, 1.165) is 0 Å². The van der Waals surface area contributed by atoms with Gasteiger partial charge in [0.25, 0.3) is 0 Å². The minimum atomic E-state index is -0.720. The largest absolute Gasteiger partial charge is 0.444 e. The Balaban J connectivity index is 3.12. The summed E-state index contributed by atoms with van der Waals surface area (Å²) >= 11 is 0. The van der Waals surface area contributed by atoms with E-state index in [2.05, 4.69) is 0 Å². The zero-order valence-corrected chi connectivity index (χ0v) is 14.2. The van der Waals surface area contributed by atoms with Gasteiger partial charge in [0, 0.05) is 7.11 Å². The van der Waals surface area contributed by atoms with E-state index in [1.807, 2.05) is 55.4 Å². The van der Waals surface area contributed by atoms with E-state index in [-0.39, 0.29) is 18.2 Å². The van der Waals surface area contributed by atoms with Gasteiger partial charge in [-0.05, 0) is 55.4 Å². The van der Waals surface area contributed by atoms with Crippen LogP contribution in [0.15, 0.2) is 0 Å². The topological polar surface area (TPSA) is 48.0 Å². The average Bonchev–Trinajstić information content (AvgIpc) is 2.45. The van der Waals surface area contributed by atoms with Crippen LogP contribution in [-0.2, 0) is 14.2 Å². The normalized spacial score (nSPS) is 26.8. The van der Waals surface area contributed by atoms with Crippen molar-refractivity contribution in [2.45, 2.75) is 84.5 Å². The molecule has 1 aliphatic heterocycles. The molecule has 0 N–H and O–H groups in total. The molecule has 0 bridgehead atoms. The third-order valence-corrected chi connectivity index (χ3v) is 3.61. The lowest BCUT2D eigenvalue weighted by Gasteiger charge is -2.41. The molecule has 1 saturated heterocycles. The van der Waals surface area contributed by atoms with Gasteiger partial charge in [-0.25, -0.2) is 4.79 Å². The lowest BCUT2D eigenvalue weighted by Crippen LogP contribution is -2.58. The van der Waals surface area contributed by atoms with Crippen molar-refractivity contribution in [1.29, 1.82) is 0 Å². The maximum absolute atomic E-state index is 12.6. The molecule has 0 aromatic rings. The van der Waals surface area contributed by atoms with Crippen LogP contribution < -0.4 is 0 Å². The number of amides is 1. The van der Waals surface area contributed by atoms with Gasteiger partial charge >= 0.3 is 6.09 Å². The van der Waals surface area contributed by atoms with Gasteiger partial charge in [-0.1, -0.05) is 0 Å². The van der Waals surface area contributed by atoms with Crippen molar-refractivity contribution >= 4 is 6.09 Å². The van der Waals surface area contributed by atoms with E-state index in [0.29, 0.717) is 0 Å². The summed E-state index contributed by atoms with van der Waals surface area (Å²) in [6, 6.07) is -0.211. The highest BCUT2D eigenvalue weighted by Gasteiger charge is 2.55. The summed E-state index contributed by atoms with van der Waals surface area (Å²) in [6.07, 6.45) is -0.505. The highest BCUT2D eigenvalue weighted by atomic mass is 16.6. The van der Waals surface area contributed by atoms with E-state index >= 15 is 0 Å². The van der Waals surface area contributed by atoms with Gasteiger partial charge < -0.3 is 14.2 Å². The number of nitrogens with zero attached hydrogens (tertiary/aromatic N) is 1. The first kappa shape index (κ1) is 17.2. The Morgan fingerprint density at radius 3 is 2.10 bits per heavy atom. The van der Waals surface area contributed by atoms with E-state index in [4.69, 9.17) is 14.2 Å². The summed E-state index contributed by atoms with van der Waals surface area (Å²) in [5, 5.41) is 0. The van der Waals surface area contributed by atoms with E-state index in [1.54, 1.807) is 12.0 Å². The number of hydrogen-bond donors (Lipinski definition) is 0. The third kappa shape index (κ3) is 3.44. The molecule has 0 unspecified atom stereocenters. The molecule has 1 amide bonds. The summed E-state index contributed by atoms with van der Waals surface area (Å²) in [5.74, 6) is 0. The van der Waals surface area contributed by atoms with E-state index in [1.165, 1.54) is 0 Å². The Bertz CT molecular complexity index is 371. The Morgan fingerprint density at radius 2 is 1.70 bits per heavy atom. The van der Waals surface area contributed by atoms with Gasteiger partial charge in [-0.3, -0.25) is 4.90 Å². The molecular formula is C15H29NO4. The second-order valence-electron chi connectivity index (χ2n) is 7.37. The average molecular weight is 287 g/mol. The molecule has 1 aliphatic rings. The van der Waals surface area contributed by atoms with Crippen LogP contribution in [0.2, 0.25) is 0 Å². The molecule has 1 rings (SSSR count). The number of rotatable bonds is 2. The van der Waals surface area contributed by atoms with Crippen LogP contribution in [0.25, 0.3) is 0 Å². The van der Waals surface area contributed by atoms with Crippen LogP contribution in [-0.4, -0.2) is 47.2 Å². The van der Waals surface area contributed by atoms with Crippen molar-refractivity contribution in [1.82, 2.24) is 4.90 Å². The second-order valence-corrected chi connectivity index (χ2v) is 7.37. The van der Waals surface area contributed by atoms with E-state index in [9.17, 15) is 4.79 Å². The number of carbonyl (C=O) groups excluding carboxylic acids is 1. The van der Waals surface area contributed by atoms with Gasteiger partial charge in [0.1, 0.15) is 11.3 Å². The zero-order valence-electron chi connectivity index (χ0n) is 14.2. The van der Waals surface area contributed by atoms with Gasteiger partial charge in [0.2, 0.25) is 0 Å². The molecule has 20 heavy (non-hydrogen) atoms. The molecule has 0 aromatic carbocycles. The maximum atomic E-state index is 12.6. The Labute approximate surface area is 122 Å². The van der Waals surface area contributed by atoms with Crippen LogP contribution in [0.4, 0.5) is 4.79 Å². The first-order valence-electron chi connectivity index (χ1n) is 7.07. The lowest BCUT2D eigenvalue weighted by molar-refractivity contribution is -0.0849. The van der Waals surface area contributed by atoms with Gasteiger partial charge in [-0.15, -0.1) is 0 Å². The smallest absolute Gasteiger partial charge is 0.413 e. The van der Waals surface area contributed by atoms with Crippen LogP contribution in [0.1, 0.15) is 55.4 Å². The van der Waals surface area contributed by atoms with Crippen molar-refractivity contribution in [2.75, 3.05) is 7.11 Å². The predicted molar refractivity (Wildman–Crippen MR) is 77.6 cm³/mol. The minimum Gasteiger partial charge on any atom is -0.444 e. The number of methoxy groups -OCH3 is 1. The molecule has 0 radical (unpaired) electrons. The highest BCUT2D eigenvalue weighted by molar-refractivity contribution is 5.70. The van der Waals surface area contributed by atoms with Crippen LogP contribution in [0.3, 0.4) is 0 Å². The molecule has 5 nitrogen and oxygen atoms in total. The van der Waals surface area contributed by atoms with Gasteiger partial charge in [0.05, 0.1) is 17.7 Å². The second kappa shape index (κ2) is 5.19. The molecule has 1 fully saturated rings. The first-order valence-corrected chi connectivity index (χ1v) is 7.07. The number of hydrogen-bond acceptors (Lipinski definition) is 4. The monoisotopic (exact) mass is 287 g/mol. The number of carbonyl (C=O) groups is 1. The van der Waals surface area contributed by atoms with Crippen LogP contribution in [0.5, 0.6) is 0 Å². The zero-order chi connectivity index (χ0) is 15.9. The highest BCUT2D eigenvalue weighted by Crippen LogP contribution is 2.39. The fourth-order valence-electron chi connectivity index (χ4n) is 2.76. The summed E-state index contributed by atoms with van der Waals surface area (Å²) < 4.78 is 17.0. The molecule has 0 saturated carbocycles. The predicted octanol–water partition coefficient (Wildman–Crippen LogP) is 3.17. The van der Waals surface area contributed by atoms with Crippen LogP contribution in [0, 0.1) is 0 Å². The lowest BCUT2D eigenvalue weighted by atomic mass is 9.93. The molecular weight excluding hydrogens is 258 g/mol. The summed E-state index contributed by atoms with van der Waals surface area (Å²) in [4.78, 5) is 14.2. The van der Waals surface area contributed by atoms with Crippen molar-refractivity contribution < 1.29 is 19.0 Å². The maximum Gasteiger partial charge on any atom is 0.413 e. The SMILES string of the molecule is COC(C)(C)[C@@H]1[C@@H](C)OC(C)(C)N1C(=O)OC(C)(C)C. The van der Waals surface area contributed by atoms with Gasteiger partial charge in [0.15, 0.2) is 0 Å². The molecule has 1 heterocycles. The Hall–Kier alpha value is -0.810. The van der Waals surface area contributed by atoms with Crippen molar-refractivity contribution in [3.8, 4) is 0 Å². The first-order chi connectivity index (χ1) is 8.82. The van der Waals surface area contributed by atoms with E-state index < -0.39 is 16.9 Å². The summed E-state index contributed by atoms with van der Waals surface area (Å²) in [6.45, 7) is 15.2. The summed E-state index contributed by atoms with van der Waals surface area (Å²) in [7, 11) is 1.64. The Kier molecular flexibility index (Phi) is 4.47. The molecule has 5 heteroatoms. The quantitative estimate of drug-likeness (QED) is 0.782. The van der Waals surface area contributed by atoms with Crippen molar-refractivity contribution in [3.63, 3.8) is 0 Å². The minimum absolute atomic E-state index is 0.132. The fraction of sp³-hybridized carbons (Fsp3) is 0.933. The summed E-state index contributed by atoms with van der Waals surface area (Å²) in [5.41, 5.74) is -1.78. The standard InChI is InChI=1S/C15H29NO4/c1-10-11(14(5,6)18-9)16(15(7,8)19-10)12(17)20-13(2,3)4/h10-11H,1-9H3/t10-,11+/m1/s1. The Morgan fingerprint density at radius 1 is 1.20 bits per heavy atom. The molecule has 0 spiro atoms. The fourth-order valence-corrected chi connectivity index (χ4v) is 2.76. The molecule has 2 atom stereocenters. The molecule has 0 aromatic heterocycles. The van der Waals surface area contributed by atoms with Crippen LogP contribution >= 0.6 is 0 Å². The number of ether oxygens (including phenoxy) is 3. The van der Waals surface area contributed by atoms with Crippen molar-refractivity contribution in [3.05, 3.63) is 0 Å².